The van der Waals surface area contributed by atoms with Crippen molar-refractivity contribution in [3.8, 4) is 5.75 Å². The first-order chi connectivity index (χ1) is 11.2. The van der Waals surface area contributed by atoms with E-state index < -0.39 is 16.0 Å². The summed E-state index contributed by atoms with van der Waals surface area (Å²) in [6, 6.07) is 5.96. The minimum Gasteiger partial charge on any atom is -0.383 e. The summed E-state index contributed by atoms with van der Waals surface area (Å²) in [5.41, 5.74) is 5.66. The van der Waals surface area contributed by atoms with E-state index in [0.29, 0.717) is 5.69 Å². The van der Waals surface area contributed by atoms with Gasteiger partial charge in [0.25, 0.3) is 5.91 Å². The van der Waals surface area contributed by atoms with Crippen molar-refractivity contribution in [3.05, 3.63) is 35.1 Å². The molecule has 0 saturated heterocycles. The summed E-state index contributed by atoms with van der Waals surface area (Å²) >= 11 is 5.89. The van der Waals surface area contributed by atoms with E-state index in [-0.39, 0.29) is 28.2 Å². The quantitative estimate of drug-likeness (QED) is 0.647. The molecule has 0 fully saturated rings. The molecule has 0 spiro atoms. The Balaban J connectivity index is 2.32. The Morgan fingerprint density at radius 2 is 1.83 bits per heavy atom. The molecule has 0 radical (unpaired) electrons. The van der Waals surface area contributed by atoms with Crippen LogP contribution in [0.3, 0.4) is 0 Å². The van der Waals surface area contributed by atoms with Crippen molar-refractivity contribution in [2.24, 2.45) is 5.73 Å². The molecule has 2 aromatic rings. The van der Waals surface area contributed by atoms with Gasteiger partial charge in [0.05, 0.1) is 6.26 Å². The molecule has 0 aliphatic rings. The summed E-state index contributed by atoms with van der Waals surface area (Å²) in [6.07, 6.45) is 0.945. The lowest BCUT2D eigenvalue weighted by Gasteiger charge is -2.12. The molecule has 0 aliphatic carbocycles. The maximum atomic E-state index is 11.5. The second kappa shape index (κ2) is 6.89. The minimum absolute atomic E-state index is 0.00810. The first-order valence-electron chi connectivity index (χ1n) is 6.51. The molecule has 0 bridgehead atoms. The van der Waals surface area contributed by atoms with E-state index in [2.05, 4.69) is 20.6 Å². The van der Waals surface area contributed by atoms with Crippen LogP contribution in [0, 0.1) is 0 Å². The fourth-order valence-electron chi connectivity index (χ4n) is 1.74. The highest BCUT2D eigenvalue weighted by molar-refractivity contribution is 7.86. The summed E-state index contributed by atoms with van der Waals surface area (Å²) in [6.45, 7) is 0. The van der Waals surface area contributed by atoms with Gasteiger partial charge in [-0.15, -0.1) is 0 Å². The number of nitrogens with two attached hydrogens (primary N) is 1. The highest BCUT2D eigenvalue weighted by Crippen LogP contribution is 2.25. The summed E-state index contributed by atoms with van der Waals surface area (Å²) in [5.74, 6) is -0.280. The third kappa shape index (κ3) is 4.46. The van der Waals surface area contributed by atoms with E-state index in [9.17, 15) is 13.2 Å². The number of nitrogens with one attached hydrogen (secondary N) is 2. The topological polar surface area (TPSA) is 136 Å². The highest BCUT2D eigenvalue weighted by Gasteiger charge is 2.16. The molecule has 9 nitrogen and oxygen atoms in total. The fraction of sp³-hybridized carbons (Fsp3) is 0.154. The molecule has 2 rings (SSSR count). The SMILES string of the molecule is CNc1nc(Nc2ccc(OS(C)(=O)=O)cc2)c(C(N)=O)nc1Cl. The van der Waals surface area contributed by atoms with E-state index in [4.69, 9.17) is 21.5 Å². The van der Waals surface area contributed by atoms with Crippen LogP contribution in [0.15, 0.2) is 24.3 Å². The molecule has 0 unspecified atom stereocenters. The zero-order valence-corrected chi connectivity index (χ0v) is 14.3. The van der Waals surface area contributed by atoms with Crippen LogP contribution < -0.4 is 20.6 Å². The van der Waals surface area contributed by atoms with Gasteiger partial charge in [0.15, 0.2) is 22.5 Å². The largest absolute Gasteiger partial charge is 0.383 e. The summed E-state index contributed by atoms with van der Waals surface area (Å²) < 4.78 is 26.9. The molecule has 11 heteroatoms. The van der Waals surface area contributed by atoms with Crippen molar-refractivity contribution in [1.82, 2.24) is 9.97 Å². The van der Waals surface area contributed by atoms with E-state index in [1.54, 1.807) is 19.2 Å². The first-order valence-corrected chi connectivity index (χ1v) is 8.70. The van der Waals surface area contributed by atoms with Crippen molar-refractivity contribution in [1.29, 1.82) is 0 Å². The third-order valence-corrected chi connectivity index (χ3v) is 3.45. The number of benzene rings is 1. The molecular weight excluding hydrogens is 358 g/mol. The van der Waals surface area contributed by atoms with Crippen LogP contribution in [0.5, 0.6) is 5.75 Å². The standard InChI is InChI=1S/C13H14ClN5O4S/c1-16-13-10(14)18-9(11(15)20)12(19-13)17-7-3-5-8(6-4-7)23-24(2,21)22/h3-6H,1-2H3,(H2,15,20)(H2,16,17,19). The molecule has 1 aromatic carbocycles. The van der Waals surface area contributed by atoms with E-state index in [1.165, 1.54) is 12.1 Å². The lowest BCUT2D eigenvalue weighted by atomic mass is 10.3. The van der Waals surface area contributed by atoms with Gasteiger partial charge in [-0.05, 0) is 24.3 Å². The molecular formula is C13H14ClN5O4S. The molecule has 0 atom stereocenters. The van der Waals surface area contributed by atoms with Gasteiger partial charge in [-0.3, -0.25) is 4.79 Å². The maximum absolute atomic E-state index is 11.5. The van der Waals surface area contributed by atoms with Gasteiger partial charge in [-0.2, -0.15) is 8.42 Å². The molecule has 0 saturated carbocycles. The summed E-state index contributed by atoms with van der Waals surface area (Å²) in [7, 11) is -2.01. The number of carbonyl (C=O) groups excluding carboxylic acids is 1. The Morgan fingerprint density at radius 1 is 1.21 bits per heavy atom. The zero-order valence-electron chi connectivity index (χ0n) is 12.7. The first kappa shape index (κ1) is 17.8. The van der Waals surface area contributed by atoms with Crippen LogP contribution in [0.4, 0.5) is 17.3 Å². The number of hydrogen-bond donors (Lipinski definition) is 3. The van der Waals surface area contributed by atoms with E-state index >= 15 is 0 Å². The molecule has 24 heavy (non-hydrogen) atoms. The van der Waals surface area contributed by atoms with Crippen LogP contribution in [0.25, 0.3) is 0 Å². The van der Waals surface area contributed by atoms with Crippen LogP contribution in [0.2, 0.25) is 5.15 Å². The summed E-state index contributed by atoms with van der Waals surface area (Å²) in [4.78, 5) is 19.5. The van der Waals surface area contributed by atoms with Crippen molar-refractivity contribution in [2.45, 2.75) is 0 Å². The minimum atomic E-state index is -3.61. The Bertz CT molecular complexity index is 871. The van der Waals surface area contributed by atoms with Gasteiger partial charge in [0.2, 0.25) is 0 Å². The number of rotatable bonds is 6. The third-order valence-electron chi connectivity index (χ3n) is 2.69. The van der Waals surface area contributed by atoms with Crippen LogP contribution in [0.1, 0.15) is 10.5 Å². The van der Waals surface area contributed by atoms with E-state index in [1.807, 2.05) is 0 Å². The highest BCUT2D eigenvalue weighted by atomic mass is 35.5. The smallest absolute Gasteiger partial charge is 0.306 e. The van der Waals surface area contributed by atoms with Gasteiger partial charge in [-0.1, -0.05) is 11.6 Å². The molecule has 1 amide bonds. The van der Waals surface area contributed by atoms with Gasteiger partial charge in [0, 0.05) is 12.7 Å². The zero-order chi connectivity index (χ0) is 17.9. The number of carbonyl (C=O) groups is 1. The van der Waals surface area contributed by atoms with Gasteiger partial charge in [0.1, 0.15) is 5.75 Å². The number of halogens is 1. The van der Waals surface area contributed by atoms with Gasteiger partial charge < -0.3 is 20.6 Å². The normalized spacial score (nSPS) is 11.0. The Kier molecular flexibility index (Phi) is 5.10. The number of anilines is 3. The number of hydrogen-bond acceptors (Lipinski definition) is 8. The molecule has 0 aliphatic heterocycles. The lowest BCUT2D eigenvalue weighted by Crippen LogP contribution is -2.17. The Hall–Kier alpha value is -2.59. The molecule has 1 heterocycles. The van der Waals surface area contributed by atoms with Crippen LogP contribution in [-0.4, -0.2) is 37.6 Å². The van der Waals surface area contributed by atoms with Crippen molar-refractivity contribution >= 4 is 44.9 Å². The number of amides is 1. The van der Waals surface area contributed by atoms with Crippen LogP contribution >= 0.6 is 11.6 Å². The predicted molar refractivity (Wildman–Crippen MR) is 90.3 cm³/mol. The van der Waals surface area contributed by atoms with Crippen molar-refractivity contribution in [2.75, 3.05) is 23.9 Å². The van der Waals surface area contributed by atoms with Crippen molar-refractivity contribution < 1.29 is 17.4 Å². The fourth-order valence-corrected chi connectivity index (χ4v) is 2.42. The Labute approximate surface area is 143 Å². The van der Waals surface area contributed by atoms with Gasteiger partial charge in [-0.25, -0.2) is 9.97 Å². The maximum Gasteiger partial charge on any atom is 0.306 e. The Morgan fingerprint density at radius 3 is 2.33 bits per heavy atom. The predicted octanol–water partition coefficient (Wildman–Crippen LogP) is 1.35. The van der Waals surface area contributed by atoms with Crippen molar-refractivity contribution in [3.63, 3.8) is 0 Å². The number of nitrogens with zero attached hydrogens (tertiary/aromatic N) is 2. The average molecular weight is 372 g/mol. The van der Waals surface area contributed by atoms with E-state index in [0.717, 1.165) is 6.26 Å². The van der Waals surface area contributed by atoms with Gasteiger partial charge >= 0.3 is 10.1 Å². The molecule has 4 N–H and O–H groups in total. The molecule has 128 valence electrons. The number of primary amides is 1. The average Bonchev–Trinajstić information content (AvgIpc) is 2.49. The van der Waals surface area contributed by atoms with Crippen LogP contribution in [-0.2, 0) is 10.1 Å². The molecule has 1 aromatic heterocycles. The monoisotopic (exact) mass is 371 g/mol. The second-order valence-corrected chi connectivity index (χ2v) is 6.54. The number of aromatic nitrogens is 2. The lowest BCUT2D eigenvalue weighted by molar-refractivity contribution is 0.0996. The second-order valence-electron chi connectivity index (χ2n) is 4.61. The summed E-state index contributed by atoms with van der Waals surface area (Å²) in [5, 5.41) is 5.61.